The molecule has 0 radical (unpaired) electrons. The van der Waals surface area contributed by atoms with Crippen LogP contribution in [0, 0.1) is 12.8 Å². The Morgan fingerprint density at radius 2 is 1.64 bits per heavy atom. The minimum atomic E-state index is -0.281. The topological polar surface area (TPSA) is 37.4 Å². The molecule has 1 aliphatic heterocycles. The fraction of sp³-hybridized carbons (Fsp3) is 0.263. The van der Waals surface area contributed by atoms with Gasteiger partial charge in [-0.05, 0) is 30.5 Å². The summed E-state index contributed by atoms with van der Waals surface area (Å²) < 4.78 is 0. The third kappa shape index (κ3) is 2.54. The molecule has 3 rings (SSSR count). The van der Waals surface area contributed by atoms with Crippen molar-refractivity contribution >= 4 is 17.5 Å². The number of benzene rings is 2. The predicted molar refractivity (Wildman–Crippen MR) is 86.6 cm³/mol. The van der Waals surface area contributed by atoms with E-state index in [0.29, 0.717) is 5.69 Å². The first-order chi connectivity index (χ1) is 10.6. The monoisotopic (exact) mass is 293 g/mol. The number of anilines is 1. The van der Waals surface area contributed by atoms with Crippen LogP contribution in [0.3, 0.4) is 0 Å². The van der Waals surface area contributed by atoms with Crippen LogP contribution in [0.15, 0.2) is 54.6 Å². The van der Waals surface area contributed by atoms with Crippen molar-refractivity contribution in [3.63, 3.8) is 0 Å². The van der Waals surface area contributed by atoms with Gasteiger partial charge in [0.05, 0.1) is 11.6 Å². The second-order valence-corrected chi connectivity index (χ2v) is 5.91. The quantitative estimate of drug-likeness (QED) is 0.810. The highest BCUT2D eigenvalue weighted by Crippen LogP contribution is 2.35. The molecular weight excluding hydrogens is 274 g/mol. The summed E-state index contributed by atoms with van der Waals surface area (Å²) in [6.07, 6.45) is 0.281. The smallest absolute Gasteiger partial charge is 0.237 e. The zero-order chi connectivity index (χ0) is 15.7. The van der Waals surface area contributed by atoms with Crippen LogP contribution in [-0.4, -0.2) is 11.8 Å². The highest BCUT2D eigenvalue weighted by atomic mass is 16.2. The summed E-state index contributed by atoms with van der Waals surface area (Å²) in [6.45, 7) is 4.00. The lowest BCUT2D eigenvalue weighted by molar-refractivity contribution is -0.122. The maximum absolute atomic E-state index is 12.7. The highest BCUT2D eigenvalue weighted by molar-refractivity contribution is 6.21. The van der Waals surface area contributed by atoms with Gasteiger partial charge in [-0.3, -0.25) is 14.5 Å². The number of carbonyl (C=O) groups is 2. The Hall–Kier alpha value is -2.42. The molecule has 1 saturated heterocycles. The number of hydrogen-bond acceptors (Lipinski definition) is 2. The molecule has 1 fully saturated rings. The summed E-state index contributed by atoms with van der Waals surface area (Å²) in [5.41, 5.74) is 2.87. The molecule has 1 aliphatic rings. The van der Waals surface area contributed by atoms with E-state index in [9.17, 15) is 9.59 Å². The molecule has 1 heterocycles. The van der Waals surface area contributed by atoms with E-state index in [1.165, 1.54) is 4.90 Å². The minimum absolute atomic E-state index is 0.0353. The molecule has 3 heteroatoms. The van der Waals surface area contributed by atoms with Crippen molar-refractivity contribution in [3.05, 3.63) is 65.7 Å². The van der Waals surface area contributed by atoms with Gasteiger partial charge in [0, 0.05) is 6.42 Å². The lowest BCUT2D eigenvalue weighted by Gasteiger charge is -2.19. The second kappa shape index (κ2) is 5.76. The zero-order valence-electron chi connectivity index (χ0n) is 12.8. The second-order valence-electron chi connectivity index (χ2n) is 5.91. The molecule has 0 saturated carbocycles. The van der Waals surface area contributed by atoms with Gasteiger partial charge in [-0.1, -0.05) is 55.0 Å². The lowest BCUT2D eigenvalue weighted by Crippen LogP contribution is -2.31. The Labute approximate surface area is 130 Å². The van der Waals surface area contributed by atoms with Gasteiger partial charge < -0.3 is 0 Å². The summed E-state index contributed by atoms with van der Waals surface area (Å²) in [5.74, 6) is -0.448. The average molecular weight is 293 g/mol. The third-order valence-corrected chi connectivity index (χ3v) is 4.40. The molecule has 0 bridgehead atoms. The molecule has 0 aromatic heterocycles. The van der Waals surface area contributed by atoms with Crippen molar-refractivity contribution in [2.75, 3.05) is 4.90 Å². The first-order valence-corrected chi connectivity index (χ1v) is 7.56. The molecule has 0 aliphatic carbocycles. The summed E-state index contributed by atoms with van der Waals surface area (Å²) in [6, 6.07) is 17.4. The molecule has 0 spiro atoms. The number of hydrogen-bond donors (Lipinski definition) is 0. The van der Waals surface area contributed by atoms with Crippen LogP contribution in [0.4, 0.5) is 5.69 Å². The summed E-state index contributed by atoms with van der Waals surface area (Å²) in [5, 5.41) is 0. The SMILES string of the molecule is Cc1ccc(N2C(=O)CC(C(C)c3ccccc3)C2=O)cc1. The molecule has 22 heavy (non-hydrogen) atoms. The molecule has 2 amide bonds. The summed E-state index contributed by atoms with van der Waals surface area (Å²) in [7, 11) is 0. The first kappa shape index (κ1) is 14.5. The van der Waals surface area contributed by atoms with Crippen LogP contribution >= 0.6 is 0 Å². The summed E-state index contributed by atoms with van der Waals surface area (Å²) in [4.78, 5) is 26.4. The van der Waals surface area contributed by atoms with Gasteiger partial charge in [0.25, 0.3) is 0 Å². The minimum Gasteiger partial charge on any atom is -0.274 e. The molecule has 0 N–H and O–H groups in total. The van der Waals surface area contributed by atoms with Crippen molar-refractivity contribution in [3.8, 4) is 0 Å². The van der Waals surface area contributed by atoms with Crippen molar-refractivity contribution in [1.29, 1.82) is 0 Å². The molecule has 2 unspecified atom stereocenters. The van der Waals surface area contributed by atoms with Crippen molar-refractivity contribution < 1.29 is 9.59 Å². The van der Waals surface area contributed by atoms with Gasteiger partial charge in [0.15, 0.2) is 0 Å². The number of carbonyl (C=O) groups excluding carboxylic acids is 2. The van der Waals surface area contributed by atoms with E-state index in [4.69, 9.17) is 0 Å². The Balaban J connectivity index is 1.87. The van der Waals surface area contributed by atoms with Gasteiger partial charge in [0.1, 0.15) is 0 Å². The van der Waals surface area contributed by atoms with Gasteiger partial charge >= 0.3 is 0 Å². The Kier molecular flexibility index (Phi) is 3.80. The van der Waals surface area contributed by atoms with Gasteiger partial charge in [0.2, 0.25) is 11.8 Å². The Morgan fingerprint density at radius 1 is 1.00 bits per heavy atom. The molecule has 2 aromatic rings. The molecule has 112 valence electrons. The number of nitrogens with zero attached hydrogens (tertiary/aromatic N) is 1. The standard InChI is InChI=1S/C19H19NO2/c1-13-8-10-16(11-9-13)20-18(21)12-17(19(20)22)14(2)15-6-4-3-5-7-15/h3-11,14,17H,12H2,1-2H3. The maximum Gasteiger partial charge on any atom is 0.237 e. The van der Waals surface area contributed by atoms with Crippen molar-refractivity contribution in [1.82, 2.24) is 0 Å². The highest BCUT2D eigenvalue weighted by Gasteiger charge is 2.42. The van der Waals surface area contributed by atoms with E-state index in [1.54, 1.807) is 0 Å². The number of aryl methyl sites for hydroxylation is 1. The number of rotatable bonds is 3. The normalized spacial score (nSPS) is 19.5. The van der Waals surface area contributed by atoms with Gasteiger partial charge in [-0.2, -0.15) is 0 Å². The number of imide groups is 1. The molecule has 2 aromatic carbocycles. The average Bonchev–Trinajstić information content (AvgIpc) is 2.83. The molecule has 3 nitrogen and oxygen atoms in total. The van der Waals surface area contributed by atoms with Gasteiger partial charge in [-0.25, -0.2) is 0 Å². The zero-order valence-corrected chi connectivity index (χ0v) is 12.8. The maximum atomic E-state index is 12.7. The van der Waals surface area contributed by atoms with Crippen molar-refractivity contribution in [2.45, 2.75) is 26.2 Å². The van der Waals surface area contributed by atoms with Gasteiger partial charge in [-0.15, -0.1) is 0 Å². The fourth-order valence-corrected chi connectivity index (χ4v) is 3.00. The predicted octanol–water partition coefficient (Wildman–Crippen LogP) is 3.68. The van der Waals surface area contributed by atoms with Crippen LogP contribution in [0.1, 0.15) is 30.4 Å². The van der Waals surface area contributed by atoms with Crippen molar-refractivity contribution in [2.24, 2.45) is 5.92 Å². The van der Waals surface area contributed by atoms with Crippen LogP contribution in [-0.2, 0) is 9.59 Å². The fourth-order valence-electron chi connectivity index (χ4n) is 3.00. The van der Waals surface area contributed by atoms with E-state index >= 15 is 0 Å². The molecular formula is C19H19NO2. The van der Waals surface area contributed by atoms with E-state index in [1.807, 2.05) is 68.4 Å². The van der Waals surface area contributed by atoms with E-state index in [2.05, 4.69) is 0 Å². The third-order valence-electron chi connectivity index (χ3n) is 4.40. The van der Waals surface area contributed by atoms with E-state index in [0.717, 1.165) is 11.1 Å². The lowest BCUT2D eigenvalue weighted by atomic mass is 9.86. The summed E-state index contributed by atoms with van der Waals surface area (Å²) >= 11 is 0. The number of amides is 2. The van der Waals surface area contributed by atoms with E-state index in [-0.39, 0.29) is 30.1 Å². The Morgan fingerprint density at radius 3 is 2.27 bits per heavy atom. The van der Waals surface area contributed by atoms with Crippen LogP contribution in [0.25, 0.3) is 0 Å². The van der Waals surface area contributed by atoms with Crippen LogP contribution in [0.2, 0.25) is 0 Å². The first-order valence-electron chi connectivity index (χ1n) is 7.56. The van der Waals surface area contributed by atoms with Crippen LogP contribution < -0.4 is 4.90 Å². The van der Waals surface area contributed by atoms with Crippen LogP contribution in [0.5, 0.6) is 0 Å². The molecule has 2 atom stereocenters. The Bertz CT molecular complexity index is 691. The largest absolute Gasteiger partial charge is 0.274 e. The van der Waals surface area contributed by atoms with E-state index < -0.39 is 0 Å².